The minimum absolute atomic E-state index is 0.0581. The second kappa shape index (κ2) is 14.4. The van der Waals surface area contributed by atoms with Gasteiger partial charge in [-0.3, -0.25) is 9.88 Å². The zero-order valence-corrected chi connectivity index (χ0v) is 33.8. The van der Waals surface area contributed by atoms with Gasteiger partial charge in [0.15, 0.2) is 17.5 Å². The van der Waals surface area contributed by atoms with E-state index >= 15 is 17.6 Å². The highest BCUT2D eigenvalue weighted by molar-refractivity contribution is 6.90. The van der Waals surface area contributed by atoms with Crippen LogP contribution in [0.3, 0.4) is 0 Å². The summed E-state index contributed by atoms with van der Waals surface area (Å²) in [6.45, 7) is 11.2. The molecule has 2 aromatic heterocycles. The van der Waals surface area contributed by atoms with Crippen molar-refractivity contribution in [1.82, 2.24) is 19.9 Å². The first-order valence-corrected chi connectivity index (χ1v) is 22.2. The number of ether oxygens (including phenoxy) is 1. The highest BCUT2D eigenvalue weighted by atomic mass is 28.3. The highest BCUT2D eigenvalue weighted by Gasteiger charge is 2.56. The Kier molecular flexibility index (Phi) is 9.35. The molecule has 298 valence electrons. The summed E-state index contributed by atoms with van der Waals surface area (Å²) in [5.41, 5.74) is 8.53. The van der Waals surface area contributed by atoms with Crippen LogP contribution in [0.1, 0.15) is 88.4 Å². The van der Waals surface area contributed by atoms with Crippen LogP contribution in [-0.2, 0) is 0 Å². The summed E-state index contributed by atoms with van der Waals surface area (Å²) in [5.74, 6) is -0.278. The molecule has 1 aliphatic carbocycles. The molecule has 4 fully saturated rings. The lowest BCUT2D eigenvalue weighted by Gasteiger charge is -2.38. The molecule has 8 rings (SSSR count). The number of nitrogens with two attached hydrogens (primary N) is 1. The Morgan fingerprint density at radius 2 is 1.75 bits per heavy atom. The highest BCUT2D eigenvalue weighted by Crippen LogP contribution is 2.49. The summed E-state index contributed by atoms with van der Waals surface area (Å²) >= 11 is 0. The van der Waals surface area contributed by atoms with Crippen molar-refractivity contribution in [3.63, 3.8) is 0 Å². The zero-order valence-electron chi connectivity index (χ0n) is 34.8. The normalized spacial score (nSPS) is 26.0. The third-order valence-corrected chi connectivity index (χ3v) is 19.4. The summed E-state index contributed by atoms with van der Waals surface area (Å²) in [6.07, 6.45) is 2.13. The minimum Gasteiger partial charge on any atom is -0.461 e. The lowest BCUT2D eigenvalue weighted by molar-refractivity contribution is 0.107. The Morgan fingerprint density at radius 1 is 1.00 bits per heavy atom. The molecule has 0 amide bonds. The van der Waals surface area contributed by atoms with Crippen LogP contribution in [0.2, 0.25) is 16.6 Å². The summed E-state index contributed by atoms with van der Waals surface area (Å²) in [5, 5.41) is 0.474. The van der Waals surface area contributed by atoms with Crippen LogP contribution >= 0.6 is 0 Å². The fourth-order valence-electron chi connectivity index (χ4n) is 10.4. The van der Waals surface area contributed by atoms with Gasteiger partial charge in [-0.1, -0.05) is 53.9 Å². The van der Waals surface area contributed by atoms with Crippen LogP contribution < -0.4 is 15.4 Å². The van der Waals surface area contributed by atoms with Crippen LogP contribution in [0.25, 0.3) is 32.9 Å². The number of rotatable bonds is 8. The molecule has 5 heterocycles. The van der Waals surface area contributed by atoms with Gasteiger partial charge in [0.25, 0.3) is 0 Å². The molecule has 2 aromatic carbocycles. The van der Waals surface area contributed by atoms with Gasteiger partial charge >= 0.3 is 6.01 Å². The van der Waals surface area contributed by atoms with Crippen molar-refractivity contribution in [2.75, 3.05) is 36.8 Å². The van der Waals surface area contributed by atoms with Crippen molar-refractivity contribution in [2.24, 2.45) is 5.92 Å². The molecule has 4 aliphatic rings. The molecule has 7 nitrogen and oxygen atoms in total. The standard InChI is InChI=1S/C43H51F5N6OSi/c1-23(2)56(24(3)4,25(5)6)15-11-29-34-26(17-33(45)35(29)46)16-28(49)18-31(34)38-37(48)39-32(20-50-38)41(54-14-8-7-10-30-36(47)40(30)54)52-42(51-39)55-22-43-12-9-13-53(43)21-27(44)19-43/h16-18,20,23-25,27,30,36,40H,7-10,12-14,19,21-22,49H2,1-6H3/t27-,30-,36+,40-,43+/m1/s1/i22D2. The minimum atomic E-state index is -2.48. The largest absolute Gasteiger partial charge is 0.461 e. The Morgan fingerprint density at radius 3 is 2.48 bits per heavy atom. The van der Waals surface area contributed by atoms with E-state index in [0.717, 1.165) is 18.9 Å². The molecular formula is C43H51F5N6OSi. The van der Waals surface area contributed by atoms with Crippen LogP contribution in [0.5, 0.6) is 6.01 Å². The quantitative estimate of drug-likeness (QED) is 0.0824. The molecule has 5 atom stereocenters. The SMILES string of the molecule is [2H]C([2H])(Oc1nc(N2CCCC[C@@H]3[C@H](F)[C@@H]32)c2cnc(-c3cc(N)cc4cc(F)c(F)c(C#C[Si](C(C)C)(C(C)C)C(C)C)c34)c(F)c2n1)[C@@]12CCCN1C[C@H](F)C2. The van der Waals surface area contributed by atoms with E-state index in [1.165, 1.54) is 18.3 Å². The molecule has 0 bridgehead atoms. The number of anilines is 2. The summed E-state index contributed by atoms with van der Waals surface area (Å²) in [7, 11) is -2.46. The number of hydrogen-bond acceptors (Lipinski definition) is 7. The fraction of sp³-hybridized carbons (Fsp3) is 0.558. The van der Waals surface area contributed by atoms with Gasteiger partial charge in [0.2, 0.25) is 0 Å². The monoisotopic (exact) mass is 792 g/mol. The molecule has 3 aliphatic heterocycles. The predicted molar refractivity (Wildman–Crippen MR) is 214 cm³/mol. The van der Waals surface area contributed by atoms with E-state index in [-0.39, 0.29) is 85.5 Å². The molecule has 1 saturated carbocycles. The topological polar surface area (TPSA) is 80.4 Å². The number of halogens is 5. The number of nitrogens with zero attached hydrogens (tertiary/aromatic N) is 5. The molecular weight excluding hydrogens is 740 g/mol. The van der Waals surface area contributed by atoms with Gasteiger partial charge in [0.05, 0.1) is 25.3 Å². The third-order valence-electron chi connectivity index (χ3n) is 13.1. The molecule has 2 N–H and O–H groups in total. The van der Waals surface area contributed by atoms with E-state index in [4.69, 9.17) is 13.2 Å². The van der Waals surface area contributed by atoms with Gasteiger partial charge in [0.1, 0.15) is 44.0 Å². The second-order valence-corrected chi connectivity index (χ2v) is 22.8. The first-order chi connectivity index (χ1) is 27.4. The molecule has 13 heteroatoms. The zero-order chi connectivity index (χ0) is 41.6. The fourth-order valence-corrected chi connectivity index (χ4v) is 15.6. The number of pyridine rings is 1. The molecule has 0 radical (unpaired) electrons. The molecule has 0 unspecified atom stereocenters. The van der Waals surface area contributed by atoms with Crippen molar-refractivity contribution in [3.8, 4) is 28.7 Å². The molecule has 56 heavy (non-hydrogen) atoms. The maximum Gasteiger partial charge on any atom is 0.319 e. The lowest BCUT2D eigenvalue weighted by atomic mass is 9.95. The summed E-state index contributed by atoms with van der Waals surface area (Å²) in [4.78, 5) is 17.2. The van der Waals surface area contributed by atoms with Crippen molar-refractivity contribution < 1.29 is 29.4 Å². The second-order valence-electron chi connectivity index (χ2n) is 17.2. The first kappa shape index (κ1) is 36.3. The van der Waals surface area contributed by atoms with Gasteiger partial charge < -0.3 is 15.4 Å². The summed E-state index contributed by atoms with van der Waals surface area (Å²) < 4.78 is 103. The molecule has 0 spiro atoms. The number of fused-ring (bicyclic) bond motifs is 4. The van der Waals surface area contributed by atoms with Crippen molar-refractivity contribution >= 4 is 41.3 Å². The first-order valence-electron chi connectivity index (χ1n) is 21.0. The smallest absolute Gasteiger partial charge is 0.319 e. The van der Waals surface area contributed by atoms with E-state index < -0.39 is 62.0 Å². The number of alkyl halides is 2. The van der Waals surface area contributed by atoms with Crippen LogP contribution in [0, 0.1) is 34.8 Å². The lowest BCUT2D eigenvalue weighted by Crippen LogP contribution is -2.43. The Labute approximate surface area is 329 Å². The van der Waals surface area contributed by atoms with Crippen LogP contribution in [0.15, 0.2) is 24.4 Å². The van der Waals surface area contributed by atoms with Gasteiger partial charge in [-0.25, -0.2) is 22.0 Å². The van der Waals surface area contributed by atoms with Crippen LogP contribution in [0.4, 0.5) is 33.5 Å². The number of aromatic nitrogens is 3. The van der Waals surface area contributed by atoms with Crippen molar-refractivity contribution in [1.29, 1.82) is 0 Å². The number of hydrogen-bond donors (Lipinski definition) is 1. The van der Waals surface area contributed by atoms with Gasteiger partial charge in [-0.15, -0.1) is 5.54 Å². The van der Waals surface area contributed by atoms with E-state index in [1.54, 1.807) is 9.80 Å². The van der Waals surface area contributed by atoms with E-state index in [2.05, 4.69) is 68.0 Å². The average Bonchev–Trinajstić information content (AvgIpc) is 3.50. The molecule has 3 saturated heterocycles. The Balaban J connectivity index is 1.34. The van der Waals surface area contributed by atoms with Gasteiger partial charge in [-0.2, -0.15) is 9.97 Å². The predicted octanol–water partition coefficient (Wildman–Crippen LogP) is 9.70. The van der Waals surface area contributed by atoms with Gasteiger partial charge in [0, 0.05) is 48.3 Å². The summed E-state index contributed by atoms with van der Waals surface area (Å²) in [6, 6.07) is 2.92. The van der Waals surface area contributed by atoms with Crippen molar-refractivity contribution in [2.45, 2.75) is 121 Å². The van der Waals surface area contributed by atoms with Crippen LogP contribution in [-0.4, -0.2) is 78.0 Å². The van der Waals surface area contributed by atoms with Gasteiger partial charge in [-0.05, 0) is 72.4 Å². The van der Waals surface area contributed by atoms with E-state index in [0.29, 0.717) is 32.4 Å². The molecule has 4 aromatic rings. The van der Waals surface area contributed by atoms with Crippen molar-refractivity contribution in [3.05, 3.63) is 47.4 Å². The maximum atomic E-state index is 17.5. The van der Waals surface area contributed by atoms with E-state index in [9.17, 15) is 4.39 Å². The maximum absolute atomic E-state index is 17.5. The number of nitrogen functional groups attached to an aromatic ring is 1. The average molecular weight is 793 g/mol. The van der Waals surface area contributed by atoms with E-state index in [1.807, 2.05) is 0 Å². The Hall–Kier alpha value is -4.02. The number of benzene rings is 2. The Bertz CT molecular complexity index is 2330. The third kappa shape index (κ3) is 6.30.